The van der Waals surface area contributed by atoms with E-state index in [2.05, 4.69) is 35.8 Å². The van der Waals surface area contributed by atoms with Gasteiger partial charge in [-0.1, -0.05) is 6.07 Å². The number of nitrogens with zero attached hydrogens (tertiary/aromatic N) is 4. The van der Waals surface area contributed by atoms with Crippen molar-refractivity contribution in [3.05, 3.63) is 41.3 Å². The standard InChI is InChI=1S/C17H25N5/c1-12-8-15(9-18)10-21(12)11-16-13(2)20-22(14(16)3)17-6-4-5-7-19-17/h4-7,12,15H,8-11,18H2,1-3H3. The quantitative estimate of drug-likeness (QED) is 0.938. The minimum Gasteiger partial charge on any atom is -0.330 e. The van der Waals surface area contributed by atoms with Crippen LogP contribution in [0.2, 0.25) is 0 Å². The van der Waals surface area contributed by atoms with Crippen molar-refractivity contribution < 1.29 is 0 Å². The highest BCUT2D eigenvalue weighted by atomic mass is 15.3. The summed E-state index contributed by atoms with van der Waals surface area (Å²) in [5.41, 5.74) is 9.42. The number of aryl methyl sites for hydroxylation is 1. The second kappa shape index (κ2) is 6.18. The van der Waals surface area contributed by atoms with E-state index in [0.717, 1.165) is 31.1 Å². The molecule has 22 heavy (non-hydrogen) atoms. The first-order valence-corrected chi connectivity index (χ1v) is 8.00. The van der Waals surface area contributed by atoms with Crippen molar-refractivity contribution in [3.63, 3.8) is 0 Å². The summed E-state index contributed by atoms with van der Waals surface area (Å²) < 4.78 is 1.95. The Labute approximate surface area is 132 Å². The SMILES string of the molecule is Cc1nn(-c2ccccn2)c(C)c1CN1CC(CN)CC1C. The highest BCUT2D eigenvalue weighted by Crippen LogP contribution is 2.26. The Bertz CT molecular complexity index is 634. The summed E-state index contributed by atoms with van der Waals surface area (Å²) in [6, 6.07) is 6.50. The summed E-state index contributed by atoms with van der Waals surface area (Å²) >= 11 is 0. The molecule has 5 nitrogen and oxygen atoms in total. The van der Waals surface area contributed by atoms with Crippen molar-refractivity contribution >= 4 is 0 Å². The van der Waals surface area contributed by atoms with Crippen LogP contribution in [0.5, 0.6) is 0 Å². The lowest BCUT2D eigenvalue weighted by molar-refractivity contribution is 0.255. The predicted molar refractivity (Wildman–Crippen MR) is 87.9 cm³/mol. The molecule has 0 saturated carbocycles. The zero-order chi connectivity index (χ0) is 15.7. The molecule has 1 fully saturated rings. The monoisotopic (exact) mass is 299 g/mol. The first kappa shape index (κ1) is 15.2. The van der Waals surface area contributed by atoms with Gasteiger partial charge >= 0.3 is 0 Å². The van der Waals surface area contributed by atoms with Gasteiger partial charge in [-0.05, 0) is 51.8 Å². The number of nitrogens with two attached hydrogens (primary N) is 1. The number of hydrogen-bond donors (Lipinski definition) is 1. The lowest BCUT2D eigenvalue weighted by Gasteiger charge is -2.21. The Kier molecular flexibility index (Phi) is 4.27. The largest absolute Gasteiger partial charge is 0.330 e. The average molecular weight is 299 g/mol. The molecule has 2 aromatic heterocycles. The van der Waals surface area contributed by atoms with Crippen molar-refractivity contribution in [2.45, 2.75) is 39.8 Å². The maximum Gasteiger partial charge on any atom is 0.153 e. The number of likely N-dealkylation sites (tertiary alicyclic amines) is 1. The van der Waals surface area contributed by atoms with Gasteiger partial charge in [-0.3, -0.25) is 4.90 Å². The van der Waals surface area contributed by atoms with Gasteiger partial charge in [-0.15, -0.1) is 0 Å². The van der Waals surface area contributed by atoms with Gasteiger partial charge in [-0.2, -0.15) is 5.10 Å². The second-order valence-electron chi connectivity index (χ2n) is 6.37. The van der Waals surface area contributed by atoms with E-state index in [1.54, 1.807) is 6.20 Å². The molecule has 1 aliphatic heterocycles. The second-order valence-corrected chi connectivity index (χ2v) is 6.37. The van der Waals surface area contributed by atoms with Crippen LogP contribution in [0.25, 0.3) is 5.82 Å². The van der Waals surface area contributed by atoms with Gasteiger partial charge < -0.3 is 5.73 Å². The molecule has 0 radical (unpaired) electrons. The van der Waals surface area contributed by atoms with Crippen LogP contribution in [0.1, 0.15) is 30.3 Å². The van der Waals surface area contributed by atoms with Crippen LogP contribution in [-0.2, 0) is 6.54 Å². The Morgan fingerprint density at radius 2 is 2.14 bits per heavy atom. The van der Waals surface area contributed by atoms with E-state index in [9.17, 15) is 0 Å². The molecule has 3 heterocycles. The lowest BCUT2D eigenvalue weighted by atomic mass is 10.1. The van der Waals surface area contributed by atoms with E-state index in [-0.39, 0.29) is 0 Å². The topological polar surface area (TPSA) is 60.0 Å². The van der Waals surface area contributed by atoms with Crippen LogP contribution >= 0.6 is 0 Å². The minimum atomic E-state index is 0.588. The molecule has 2 aromatic rings. The van der Waals surface area contributed by atoms with Gasteiger partial charge in [0.25, 0.3) is 0 Å². The van der Waals surface area contributed by atoms with Crippen LogP contribution in [0.15, 0.2) is 24.4 Å². The summed E-state index contributed by atoms with van der Waals surface area (Å²) in [4.78, 5) is 6.93. The molecule has 1 aliphatic rings. The van der Waals surface area contributed by atoms with E-state index in [4.69, 9.17) is 5.73 Å². The molecule has 0 amide bonds. The Hall–Kier alpha value is -1.72. The van der Waals surface area contributed by atoms with E-state index in [1.807, 2.05) is 22.9 Å². The maximum atomic E-state index is 5.84. The highest BCUT2D eigenvalue weighted by molar-refractivity contribution is 5.32. The number of hydrogen-bond acceptors (Lipinski definition) is 4. The number of pyridine rings is 1. The van der Waals surface area contributed by atoms with Crippen LogP contribution in [0.3, 0.4) is 0 Å². The van der Waals surface area contributed by atoms with E-state index in [1.165, 1.54) is 17.7 Å². The molecule has 5 heteroatoms. The van der Waals surface area contributed by atoms with Crippen molar-refractivity contribution in [1.29, 1.82) is 0 Å². The third-order valence-corrected chi connectivity index (χ3v) is 4.79. The first-order chi connectivity index (χ1) is 10.6. The molecule has 118 valence electrons. The van der Waals surface area contributed by atoms with Gasteiger partial charge in [0.05, 0.1) is 5.69 Å². The van der Waals surface area contributed by atoms with Crippen LogP contribution < -0.4 is 5.73 Å². The highest BCUT2D eigenvalue weighted by Gasteiger charge is 2.29. The van der Waals surface area contributed by atoms with Crippen molar-refractivity contribution in [1.82, 2.24) is 19.7 Å². The fourth-order valence-corrected chi connectivity index (χ4v) is 3.42. The van der Waals surface area contributed by atoms with Gasteiger partial charge in [0.1, 0.15) is 0 Å². The zero-order valence-electron chi connectivity index (χ0n) is 13.7. The number of rotatable bonds is 4. The van der Waals surface area contributed by atoms with Gasteiger partial charge in [0, 0.05) is 36.6 Å². The van der Waals surface area contributed by atoms with Crippen LogP contribution in [0, 0.1) is 19.8 Å². The Balaban J connectivity index is 1.85. The predicted octanol–water partition coefficient (Wildman–Crippen LogP) is 2.05. The smallest absolute Gasteiger partial charge is 0.153 e. The third kappa shape index (κ3) is 2.78. The summed E-state index contributed by atoms with van der Waals surface area (Å²) in [5, 5.41) is 4.69. The van der Waals surface area contributed by atoms with Crippen LogP contribution in [0.4, 0.5) is 0 Å². The molecule has 3 rings (SSSR count). The molecule has 2 N–H and O–H groups in total. The van der Waals surface area contributed by atoms with E-state index >= 15 is 0 Å². The summed E-state index contributed by atoms with van der Waals surface area (Å²) in [6.45, 7) is 9.33. The Morgan fingerprint density at radius 3 is 2.77 bits per heavy atom. The first-order valence-electron chi connectivity index (χ1n) is 8.00. The van der Waals surface area contributed by atoms with Crippen molar-refractivity contribution in [2.24, 2.45) is 11.7 Å². The molecule has 2 unspecified atom stereocenters. The van der Waals surface area contributed by atoms with E-state index in [0.29, 0.717) is 12.0 Å². The fourth-order valence-electron chi connectivity index (χ4n) is 3.42. The summed E-state index contributed by atoms with van der Waals surface area (Å²) in [5.74, 6) is 1.50. The van der Waals surface area contributed by atoms with Gasteiger partial charge in [-0.25, -0.2) is 9.67 Å². The molecule has 0 aromatic carbocycles. The molecule has 2 atom stereocenters. The molecule has 1 saturated heterocycles. The maximum absolute atomic E-state index is 5.84. The molecular formula is C17H25N5. The normalized spacial score (nSPS) is 22.4. The third-order valence-electron chi connectivity index (χ3n) is 4.79. The zero-order valence-corrected chi connectivity index (χ0v) is 13.7. The van der Waals surface area contributed by atoms with Gasteiger partial charge in [0.15, 0.2) is 5.82 Å². The lowest BCUT2D eigenvalue weighted by Crippen LogP contribution is -2.27. The fraction of sp³-hybridized carbons (Fsp3) is 0.529. The molecule has 0 bridgehead atoms. The number of aromatic nitrogens is 3. The average Bonchev–Trinajstić information content (AvgIpc) is 3.03. The van der Waals surface area contributed by atoms with Gasteiger partial charge in [0.2, 0.25) is 0 Å². The minimum absolute atomic E-state index is 0.588. The summed E-state index contributed by atoms with van der Waals surface area (Å²) in [6.07, 6.45) is 3.00. The molecular weight excluding hydrogens is 274 g/mol. The Morgan fingerprint density at radius 1 is 1.32 bits per heavy atom. The van der Waals surface area contributed by atoms with Crippen LogP contribution in [-0.4, -0.2) is 38.8 Å². The molecule has 0 spiro atoms. The van der Waals surface area contributed by atoms with Crippen molar-refractivity contribution in [2.75, 3.05) is 13.1 Å². The summed E-state index contributed by atoms with van der Waals surface area (Å²) in [7, 11) is 0. The van der Waals surface area contributed by atoms with E-state index < -0.39 is 0 Å². The molecule has 0 aliphatic carbocycles. The van der Waals surface area contributed by atoms with Crippen molar-refractivity contribution in [3.8, 4) is 5.82 Å².